The lowest BCUT2D eigenvalue weighted by molar-refractivity contribution is -0.385. The lowest BCUT2D eigenvalue weighted by Gasteiger charge is -2.36. The third-order valence-corrected chi connectivity index (χ3v) is 8.43. The van der Waals surface area contributed by atoms with Gasteiger partial charge < -0.3 is 4.43 Å². The summed E-state index contributed by atoms with van der Waals surface area (Å²) < 4.78 is 5.95. The molecule has 0 atom stereocenters. The van der Waals surface area contributed by atoms with E-state index in [0.29, 0.717) is 0 Å². The molecule has 0 N–H and O–H groups in total. The third kappa shape index (κ3) is 3.61. The van der Waals surface area contributed by atoms with E-state index in [9.17, 15) is 10.1 Å². The van der Waals surface area contributed by atoms with E-state index in [1.165, 1.54) is 12.1 Å². The van der Waals surface area contributed by atoms with Gasteiger partial charge in [-0.15, -0.1) is 0 Å². The minimum atomic E-state index is -2.17. The summed E-state index contributed by atoms with van der Waals surface area (Å²) >= 11 is 11.7. The fourth-order valence-corrected chi connectivity index (χ4v) is 2.50. The van der Waals surface area contributed by atoms with E-state index in [1.807, 2.05) is 13.1 Å². The van der Waals surface area contributed by atoms with Gasteiger partial charge in [0.15, 0.2) is 5.75 Å². The van der Waals surface area contributed by atoms with Gasteiger partial charge >= 0.3 is 5.69 Å². The van der Waals surface area contributed by atoms with Crippen LogP contribution in [0.2, 0.25) is 28.2 Å². The van der Waals surface area contributed by atoms with E-state index in [-0.39, 0.29) is 26.5 Å². The normalized spacial score (nSPS) is 12.4. The molecule has 0 heterocycles. The van der Waals surface area contributed by atoms with Crippen molar-refractivity contribution in [3.05, 3.63) is 32.3 Å². The van der Waals surface area contributed by atoms with Crippen LogP contribution in [0.1, 0.15) is 20.8 Å². The van der Waals surface area contributed by atoms with Gasteiger partial charge in [0.2, 0.25) is 0 Å². The number of nitro groups is 1. The first-order valence-electron chi connectivity index (χ1n) is 5.78. The van der Waals surface area contributed by atoms with Gasteiger partial charge in [0.05, 0.1) is 15.0 Å². The van der Waals surface area contributed by atoms with Crippen molar-refractivity contribution in [3.8, 4) is 5.75 Å². The molecule has 0 aliphatic rings. The molecule has 0 aliphatic carbocycles. The first-order valence-corrected chi connectivity index (χ1v) is 9.44. The second kappa shape index (κ2) is 5.30. The van der Waals surface area contributed by atoms with E-state index in [1.54, 1.807) is 0 Å². The van der Waals surface area contributed by atoms with Crippen molar-refractivity contribution < 1.29 is 9.35 Å². The predicted octanol–water partition coefficient (Wildman–Crippen LogP) is 5.29. The van der Waals surface area contributed by atoms with Crippen LogP contribution in [0.4, 0.5) is 5.69 Å². The zero-order valence-corrected chi connectivity index (χ0v) is 14.1. The number of hydrogen-bond donors (Lipinski definition) is 0. The molecule has 0 aliphatic heterocycles. The van der Waals surface area contributed by atoms with Gasteiger partial charge in [-0.3, -0.25) is 10.1 Å². The Balaban J connectivity index is 3.28. The molecule has 0 aromatic heterocycles. The molecule has 106 valence electrons. The number of nitrogens with zero attached hydrogens (tertiary/aromatic N) is 1. The maximum atomic E-state index is 11.1. The zero-order valence-electron chi connectivity index (χ0n) is 11.6. The lowest BCUT2D eigenvalue weighted by Crippen LogP contribution is -2.44. The number of halogens is 2. The van der Waals surface area contributed by atoms with Gasteiger partial charge in [-0.25, -0.2) is 0 Å². The number of rotatable bonds is 3. The smallest absolute Gasteiger partial charge is 0.311 e. The predicted molar refractivity (Wildman–Crippen MR) is 80.9 cm³/mol. The molecule has 0 fully saturated rings. The summed E-state index contributed by atoms with van der Waals surface area (Å²) in [6.07, 6.45) is 0. The summed E-state index contributed by atoms with van der Waals surface area (Å²) in [5.41, 5.74) is -0.153. The quantitative estimate of drug-likeness (QED) is 0.432. The molecule has 7 heteroatoms. The third-order valence-electron chi connectivity index (χ3n) is 3.37. The highest BCUT2D eigenvalue weighted by molar-refractivity contribution is 6.74. The van der Waals surface area contributed by atoms with Crippen LogP contribution in [0.25, 0.3) is 0 Å². The van der Waals surface area contributed by atoms with Gasteiger partial charge in [-0.05, 0) is 18.1 Å². The van der Waals surface area contributed by atoms with Crippen LogP contribution in [0.15, 0.2) is 12.1 Å². The minimum Gasteiger partial charge on any atom is -0.539 e. The molecule has 0 radical (unpaired) electrons. The number of benzene rings is 1. The Labute approximate surface area is 123 Å². The van der Waals surface area contributed by atoms with Crippen molar-refractivity contribution >= 4 is 37.2 Å². The standard InChI is InChI=1S/C12H17Cl2NO3Si/c1-12(2,3)19(4,5)18-11-7-9(14)8(13)6-10(11)15(16)17/h6-7H,1-5H3. The summed E-state index contributed by atoms with van der Waals surface area (Å²) in [5.74, 6) is 0.186. The second-order valence-corrected chi connectivity index (χ2v) is 11.4. The zero-order chi connectivity index (χ0) is 15.0. The fraction of sp³-hybridized carbons (Fsp3) is 0.500. The summed E-state index contributed by atoms with van der Waals surface area (Å²) in [5, 5.41) is 11.4. The molecule has 1 aromatic carbocycles. The van der Waals surface area contributed by atoms with Gasteiger partial charge in [-0.1, -0.05) is 44.0 Å². The Hall–Kier alpha value is -0.783. The van der Waals surface area contributed by atoms with Gasteiger partial charge in [0.1, 0.15) is 0 Å². The average molecular weight is 322 g/mol. The van der Waals surface area contributed by atoms with Gasteiger partial charge in [-0.2, -0.15) is 0 Å². The largest absolute Gasteiger partial charge is 0.539 e. The van der Waals surface area contributed by atoms with E-state index in [4.69, 9.17) is 27.6 Å². The maximum absolute atomic E-state index is 11.1. The van der Waals surface area contributed by atoms with Crippen molar-refractivity contribution in [2.24, 2.45) is 0 Å². The highest BCUT2D eigenvalue weighted by atomic mass is 35.5. The van der Waals surface area contributed by atoms with Crippen LogP contribution in [0.5, 0.6) is 5.75 Å². The van der Waals surface area contributed by atoms with Crippen LogP contribution >= 0.6 is 23.2 Å². The average Bonchev–Trinajstić information content (AvgIpc) is 2.20. The second-order valence-electron chi connectivity index (χ2n) is 5.85. The Kier molecular flexibility index (Phi) is 4.54. The molecule has 0 spiro atoms. The van der Waals surface area contributed by atoms with Crippen molar-refractivity contribution in [1.29, 1.82) is 0 Å². The SMILES string of the molecule is CC(C)(C)[Si](C)(C)Oc1cc(Cl)c(Cl)cc1[N+](=O)[O-]. The van der Waals surface area contributed by atoms with Crippen LogP contribution in [0.3, 0.4) is 0 Å². The van der Waals surface area contributed by atoms with Crippen molar-refractivity contribution in [1.82, 2.24) is 0 Å². The van der Waals surface area contributed by atoms with Crippen LogP contribution < -0.4 is 4.43 Å². The Morgan fingerprint density at radius 2 is 1.68 bits per heavy atom. The molecule has 1 rings (SSSR count). The first-order chi connectivity index (χ1) is 8.45. The van der Waals surface area contributed by atoms with Gasteiger partial charge in [0, 0.05) is 12.1 Å². The molecular formula is C12H17Cl2NO3Si. The molecule has 0 unspecified atom stereocenters. The molecule has 1 aromatic rings. The monoisotopic (exact) mass is 321 g/mol. The van der Waals surface area contributed by atoms with Crippen molar-refractivity contribution in [2.75, 3.05) is 0 Å². The number of nitro benzene ring substituents is 1. The molecule has 4 nitrogen and oxygen atoms in total. The van der Waals surface area contributed by atoms with Gasteiger partial charge in [0.25, 0.3) is 8.32 Å². The lowest BCUT2D eigenvalue weighted by atomic mass is 10.2. The molecular weight excluding hydrogens is 305 g/mol. The van der Waals surface area contributed by atoms with Crippen LogP contribution in [-0.4, -0.2) is 13.2 Å². The van der Waals surface area contributed by atoms with E-state index in [0.717, 1.165) is 0 Å². The molecule has 0 saturated heterocycles. The van der Waals surface area contributed by atoms with Crippen molar-refractivity contribution in [2.45, 2.75) is 38.9 Å². The highest BCUT2D eigenvalue weighted by Gasteiger charge is 2.40. The Morgan fingerprint density at radius 3 is 2.11 bits per heavy atom. The van der Waals surface area contributed by atoms with Crippen molar-refractivity contribution in [3.63, 3.8) is 0 Å². The van der Waals surface area contributed by atoms with Crippen LogP contribution in [-0.2, 0) is 0 Å². The summed E-state index contributed by atoms with van der Waals surface area (Å²) in [6, 6.07) is 2.65. The summed E-state index contributed by atoms with van der Waals surface area (Å²) in [6.45, 7) is 10.2. The topological polar surface area (TPSA) is 52.4 Å². The number of hydrogen-bond acceptors (Lipinski definition) is 3. The Bertz CT molecular complexity index is 512. The molecule has 0 amide bonds. The van der Waals surface area contributed by atoms with E-state index in [2.05, 4.69) is 20.8 Å². The highest BCUT2D eigenvalue weighted by Crippen LogP contribution is 2.42. The Morgan fingerprint density at radius 1 is 1.21 bits per heavy atom. The van der Waals surface area contributed by atoms with Crippen LogP contribution in [0, 0.1) is 10.1 Å². The molecule has 19 heavy (non-hydrogen) atoms. The van der Waals surface area contributed by atoms with E-state index < -0.39 is 13.2 Å². The minimum absolute atomic E-state index is 0.0625. The summed E-state index contributed by atoms with van der Waals surface area (Å²) in [4.78, 5) is 10.6. The maximum Gasteiger partial charge on any atom is 0.311 e. The molecule has 0 bridgehead atoms. The summed E-state index contributed by atoms with van der Waals surface area (Å²) in [7, 11) is -2.17. The molecule has 0 saturated carbocycles. The fourth-order valence-electron chi connectivity index (χ4n) is 1.17. The van der Waals surface area contributed by atoms with E-state index >= 15 is 0 Å². The first kappa shape index (κ1) is 16.3.